The molecular weight excluding hydrogens is 311 g/mol. The van der Waals surface area contributed by atoms with E-state index < -0.39 is 6.65 Å². The number of hydrogen-bond acceptors (Lipinski definition) is 2. The van der Waals surface area contributed by atoms with E-state index in [1.165, 1.54) is 0 Å². The van der Waals surface area contributed by atoms with Crippen molar-refractivity contribution >= 4 is 23.7 Å². The lowest BCUT2D eigenvalue weighted by Crippen LogP contribution is -2.20. The lowest BCUT2D eigenvalue weighted by atomic mass is 10.2. The van der Waals surface area contributed by atoms with Gasteiger partial charge < -0.3 is 4.67 Å². The maximum absolute atomic E-state index is 13.9. The Morgan fingerprint density at radius 2 is 1.68 bits per heavy atom. The molecule has 0 amide bonds. The highest BCUT2D eigenvalue weighted by atomic mass is 32.7. The molecule has 0 aromatic heterocycles. The van der Waals surface area contributed by atoms with E-state index in [-0.39, 0.29) is 0 Å². The Morgan fingerprint density at radius 3 is 2.41 bits per heavy atom. The Kier molecular flexibility index (Phi) is 3.77. The van der Waals surface area contributed by atoms with Crippen molar-refractivity contribution in [3.63, 3.8) is 0 Å². The smallest absolute Gasteiger partial charge is 0.300 e. The van der Waals surface area contributed by atoms with Crippen LogP contribution in [0.25, 0.3) is 0 Å². The summed E-state index contributed by atoms with van der Waals surface area (Å²) in [5.74, 6) is 0. The first kappa shape index (κ1) is 14.4. The van der Waals surface area contributed by atoms with Crippen LogP contribution in [-0.4, -0.2) is 23.8 Å². The molecule has 2 aliphatic heterocycles. The minimum atomic E-state index is -2.64. The molecule has 2 aromatic rings. The minimum Gasteiger partial charge on any atom is -0.301 e. The van der Waals surface area contributed by atoms with Crippen LogP contribution in [0.5, 0.6) is 0 Å². The molecule has 114 valence electrons. The number of anilines is 1. The number of para-hydroxylation sites is 1. The SMILES string of the molecule is O=P1(Sc2ccccc2)N(c2ccccc2)CC2CCCN21. The van der Waals surface area contributed by atoms with Gasteiger partial charge in [-0.3, -0.25) is 4.57 Å². The molecule has 5 heteroatoms. The zero-order chi connectivity index (χ0) is 15.0. The van der Waals surface area contributed by atoms with Crippen molar-refractivity contribution in [1.82, 2.24) is 4.67 Å². The van der Waals surface area contributed by atoms with Gasteiger partial charge >= 0.3 is 0 Å². The van der Waals surface area contributed by atoms with E-state index in [9.17, 15) is 4.57 Å². The highest BCUT2D eigenvalue weighted by molar-refractivity contribution is 8.57. The van der Waals surface area contributed by atoms with E-state index in [2.05, 4.69) is 33.6 Å². The number of fused-ring (bicyclic) bond motifs is 1. The van der Waals surface area contributed by atoms with E-state index in [0.717, 1.165) is 36.5 Å². The van der Waals surface area contributed by atoms with Gasteiger partial charge in [-0.25, -0.2) is 4.67 Å². The fourth-order valence-corrected chi connectivity index (χ4v) is 9.13. The van der Waals surface area contributed by atoms with Crippen LogP contribution in [0.4, 0.5) is 5.69 Å². The van der Waals surface area contributed by atoms with Gasteiger partial charge in [-0.15, -0.1) is 0 Å². The van der Waals surface area contributed by atoms with Gasteiger partial charge in [-0.1, -0.05) is 36.4 Å². The molecule has 2 fully saturated rings. The molecule has 22 heavy (non-hydrogen) atoms. The van der Waals surface area contributed by atoms with Gasteiger partial charge in [0.25, 0.3) is 6.65 Å². The summed E-state index contributed by atoms with van der Waals surface area (Å²) in [5, 5.41) is 0. The summed E-state index contributed by atoms with van der Waals surface area (Å²) in [6, 6.07) is 20.8. The van der Waals surface area contributed by atoms with Crippen molar-refractivity contribution in [2.24, 2.45) is 0 Å². The van der Waals surface area contributed by atoms with Crippen molar-refractivity contribution in [3.8, 4) is 0 Å². The molecular formula is C17H19N2OPS. The van der Waals surface area contributed by atoms with Crippen LogP contribution in [0.2, 0.25) is 0 Å². The molecule has 2 aromatic carbocycles. The summed E-state index contributed by atoms with van der Waals surface area (Å²) in [6.07, 6.45) is 2.31. The normalized spacial score (nSPS) is 28.0. The molecule has 0 spiro atoms. The van der Waals surface area contributed by atoms with Crippen molar-refractivity contribution in [1.29, 1.82) is 0 Å². The maximum atomic E-state index is 13.9. The number of nitrogens with zero attached hydrogens (tertiary/aromatic N) is 2. The first-order valence-electron chi connectivity index (χ1n) is 7.72. The van der Waals surface area contributed by atoms with Crippen molar-refractivity contribution < 1.29 is 4.57 Å². The summed E-state index contributed by atoms with van der Waals surface area (Å²) in [5.41, 5.74) is 1.07. The Labute approximate surface area is 135 Å². The topological polar surface area (TPSA) is 23.6 Å². The van der Waals surface area contributed by atoms with Crippen LogP contribution in [0.3, 0.4) is 0 Å². The molecule has 2 atom stereocenters. The van der Waals surface area contributed by atoms with Gasteiger partial charge in [-0.05, 0) is 48.5 Å². The largest absolute Gasteiger partial charge is 0.301 e. The van der Waals surface area contributed by atoms with Crippen LogP contribution >= 0.6 is 18.0 Å². The summed E-state index contributed by atoms with van der Waals surface area (Å²) in [6.45, 7) is -0.819. The lowest BCUT2D eigenvalue weighted by molar-refractivity contribution is 0.439. The standard InChI is InChI=1S/C17H19N2OPS/c20-21(22-17-11-5-2-6-12-17)18-13-7-10-16(18)14-19(21)15-8-3-1-4-9-15/h1-6,8-9,11-12,16H,7,10,13-14H2. The molecule has 0 saturated carbocycles. The van der Waals surface area contributed by atoms with Crippen LogP contribution < -0.4 is 4.67 Å². The molecule has 0 aliphatic carbocycles. The van der Waals surface area contributed by atoms with Gasteiger partial charge in [0.2, 0.25) is 0 Å². The average molecular weight is 330 g/mol. The van der Waals surface area contributed by atoms with Gasteiger partial charge in [0.15, 0.2) is 0 Å². The predicted octanol–water partition coefficient (Wildman–Crippen LogP) is 4.87. The summed E-state index contributed by atoms with van der Waals surface area (Å²) >= 11 is 1.54. The Morgan fingerprint density at radius 1 is 1.00 bits per heavy atom. The fourth-order valence-electron chi connectivity index (χ4n) is 3.35. The molecule has 2 heterocycles. The van der Waals surface area contributed by atoms with Gasteiger partial charge in [0.05, 0.1) is 0 Å². The number of benzene rings is 2. The lowest BCUT2D eigenvalue weighted by Gasteiger charge is -2.30. The zero-order valence-electron chi connectivity index (χ0n) is 12.3. The highest BCUT2D eigenvalue weighted by Gasteiger charge is 2.51. The van der Waals surface area contributed by atoms with Crippen LogP contribution in [0.1, 0.15) is 12.8 Å². The third-order valence-corrected chi connectivity index (χ3v) is 9.85. The zero-order valence-corrected chi connectivity index (χ0v) is 14.0. The molecule has 0 bridgehead atoms. The third-order valence-electron chi connectivity index (χ3n) is 4.38. The molecule has 2 unspecified atom stereocenters. The predicted molar refractivity (Wildman–Crippen MR) is 93.4 cm³/mol. The molecule has 4 rings (SSSR count). The van der Waals surface area contributed by atoms with E-state index in [1.807, 2.05) is 36.4 Å². The molecule has 2 saturated heterocycles. The first-order valence-corrected chi connectivity index (χ1v) is 10.8. The summed E-state index contributed by atoms with van der Waals surface area (Å²) in [4.78, 5) is 1.08. The Hall–Kier alpha value is -1.22. The second-order valence-corrected chi connectivity index (χ2v) is 10.4. The Balaban J connectivity index is 1.73. The third kappa shape index (κ3) is 2.40. The number of hydrogen-bond donors (Lipinski definition) is 0. The second-order valence-electron chi connectivity index (χ2n) is 5.77. The van der Waals surface area contributed by atoms with Crippen LogP contribution in [0.15, 0.2) is 65.6 Å². The molecule has 2 aliphatic rings. The van der Waals surface area contributed by atoms with E-state index in [4.69, 9.17) is 0 Å². The van der Waals surface area contributed by atoms with Crippen molar-refractivity contribution in [2.75, 3.05) is 17.8 Å². The monoisotopic (exact) mass is 330 g/mol. The second kappa shape index (κ2) is 5.77. The van der Waals surface area contributed by atoms with Crippen LogP contribution in [0, 0.1) is 0 Å². The summed E-state index contributed by atoms with van der Waals surface area (Å²) in [7, 11) is 0. The summed E-state index contributed by atoms with van der Waals surface area (Å²) < 4.78 is 18.4. The van der Waals surface area contributed by atoms with Gasteiger partial charge in [-0.2, -0.15) is 0 Å². The highest BCUT2D eigenvalue weighted by Crippen LogP contribution is 2.72. The average Bonchev–Trinajstić information content (AvgIpc) is 3.12. The fraction of sp³-hybridized carbons (Fsp3) is 0.294. The van der Waals surface area contributed by atoms with Crippen molar-refractivity contribution in [3.05, 3.63) is 60.7 Å². The van der Waals surface area contributed by atoms with Crippen LogP contribution in [-0.2, 0) is 4.57 Å². The van der Waals surface area contributed by atoms with E-state index in [0.29, 0.717) is 6.04 Å². The molecule has 3 nitrogen and oxygen atoms in total. The molecule has 0 N–H and O–H groups in total. The first-order chi connectivity index (χ1) is 10.8. The molecule has 0 radical (unpaired) electrons. The van der Waals surface area contributed by atoms with E-state index in [1.54, 1.807) is 11.4 Å². The van der Waals surface area contributed by atoms with Gasteiger partial charge in [0.1, 0.15) is 0 Å². The maximum Gasteiger partial charge on any atom is 0.300 e. The number of rotatable bonds is 3. The minimum absolute atomic E-state index is 0.433. The van der Waals surface area contributed by atoms with Gasteiger partial charge in [0, 0.05) is 29.7 Å². The Bertz CT molecular complexity index is 694. The van der Waals surface area contributed by atoms with E-state index >= 15 is 0 Å². The quantitative estimate of drug-likeness (QED) is 0.749. The van der Waals surface area contributed by atoms with Crippen molar-refractivity contribution in [2.45, 2.75) is 23.8 Å².